The average Bonchev–Trinajstić information content (AvgIpc) is 2.70. The van der Waals surface area contributed by atoms with E-state index >= 15 is 0 Å². The molecule has 0 aromatic heterocycles. The zero-order valence-electron chi connectivity index (χ0n) is 15.3. The van der Waals surface area contributed by atoms with Gasteiger partial charge in [0.15, 0.2) is 0 Å². The van der Waals surface area contributed by atoms with E-state index in [1.807, 2.05) is 0 Å². The quantitative estimate of drug-likeness (QED) is 0.389. The lowest BCUT2D eigenvalue weighted by atomic mass is 10.2. The van der Waals surface area contributed by atoms with Gasteiger partial charge in [-0.2, -0.15) is 0 Å². The molecule has 150 valence electrons. The minimum atomic E-state index is -3.71. The van der Waals surface area contributed by atoms with Crippen LogP contribution in [0.3, 0.4) is 0 Å². The Hall–Kier alpha value is -2.91. The first-order valence-electron chi connectivity index (χ1n) is 8.20. The van der Waals surface area contributed by atoms with Gasteiger partial charge >= 0.3 is 5.97 Å². The van der Waals surface area contributed by atoms with Crippen molar-refractivity contribution < 1.29 is 31.8 Å². The molecule has 9 heteroatoms. The Morgan fingerprint density at radius 3 is 2.50 bits per heavy atom. The molecule has 0 aliphatic heterocycles. The lowest BCUT2D eigenvalue weighted by Crippen LogP contribution is -2.19. The predicted octanol–water partition coefficient (Wildman–Crippen LogP) is 2.38. The third-order valence-corrected chi connectivity index (χ3v) is 5.00. The second-order valence-electron chi connectivity index (χ2n) is 5.42. The van der Waals surface area contributed by atoms with Crippen LogP contribution in [-0.2, 0) is 19.6 Å². The minimum absolute atomic E-state index is 0.00253. The summed E-state index contributed by atoms with van der Waals surface area (Å²) in [5.74, 6) is -0.332. The van der Waals surface area contributed by atoms with Crippen molar-refractivity contribution in [2.75, 3.05) is 27.4 Å². The van der Waals surface area contributed by atoms with Gasteiger partial charge < -0.3 is 14.2 Å². The van der Waals surface area contributed by atoms with Gasteiger partial charge in [-0.15, -0.1) is 0 Å². The van der Waals surface area contributed by atoms with Crippen molar-refractivity contribution in [3.05, 3.63) is 59.9 Å². The summed E-state index contributed by atoms with van der Waals surface area (Å²) in [5, 5.41) is 0. The highest BCUT2D eigenvalue weighted by Crippen LogP contribution is 2.25. The molecule has 0 unspecified atom stereocenters. The molecule has 28 heavy (non-hydrogen) atoms. The van der Waals surface area contributed by atoms with Gasteiger partial charge in [0.05, 0.1) is 7.11 Å². The van der Waals surface area contributed by atoms with Gasteiger partial charge in [-0.3, -0.25) is 0 Å². The fourth-order valence-electron chi connectivity index (χ4n) is 2.16. The first-order valence-corrected chi connectivity index (χ1v) is 9.69. The maximum absolute atomic E-state index is 12.8. The number of esters is 1. The molecule has 2 aromatic rings. The highest BCUT2D eigenvalue weighted by molar-refractivity contribution is 7.89. The molecule has 0 aliphatic carbocycles. The van der Waals surface area contributed by atoms with Crippen molar-refractivity contribution in [3.63, 3.8) is 0 Å². The fourth-order valence-corrected chi connectivity index (χ4v) is 3.09. The second-order valence-corrected chi connectivity index (χ2v) is 7.28. The highest BCUT2D eigenvalue weighted by Gasteiger charge is 2.17. The Balaban J connectivity index is 1.91. The second kappa shape index (κ2) is 9.86. The van der Waals surface area contributed by atoms with Crippen molar-refractivity contribution in [3.8, 4) is 11.5 Å². The number of methoxy groups -OCH3 is 1. The van der Waals surface area contributed by atoms with E-state index in [9.17, 15) is 17.6 Å². The summed E-state index contributed by atoms with van der Waals surface area (Å²) < 4.78 is 54.4. The summed E-state index contributed by atoms with van der Waals surface area (Å²) in [7, 11) is -1.05. The Bertz CT molecular complexity index is 941. The van der Waals surface area contributed by atoms with E-state index in [4.69, 9.17) is 14.2 Å². The van der Waals surface area contributed by atoms with Crippen LogP contribution < -0.4 is 14.2 Å². The minimum Gasteiger partial charge on any atom is -0.495 e. The average molecular weight is 409 g/mol. The molecule has 0 aliphatic rings. The molecular formula is C19H20FNO6S. The van der Waals surface area contributed by atoms with Crippen LogP contribution in [0.5, 0.6) is 11.5 Å². The molecule has 0 fully saturated rings. The molecule has 2 aromatic carbocycles. The number of carbonyl (C=O) groups excluding carboxylic acids is 1. The Morgan fingerprint density at radius 2 is 1.86 bits per heavy atom. The summed E-state index contributed by atoms with van der Waals surface area (Å²) in [6, 6.07) is 9.95. The zero-order valence-corrected chi connectivity index (χ0v) is 16.2. The molecule has 2 rings (SSSR count). The molecule has 0 heterocycles. The molecule has 0 radical (unpaired) electrons. The Kier molecular flexibility index (Phi) is 7.53. The third-order valence-electron chi connectivity index (χ3n) is 3.57. The van der Waals surface area contributed by atoms with Gasteiger partial charge in [0.1, 0.15) is 35.4 Å². The summed E-state index contributed by atoms with van der Waals surface area (Å²) in [6.45, 7) is 0.112. The van der Waals surface area contributed by atoms with E-state index in [-0.39, 0.29) is 29.7 Å². The molecular weight excluding hydrogens is 389 g/mol. The number of halogens is 1. The molecule has 0 spiro atoms. The molecule has 7 nitrogen and oxygen atoms in total. The summed E-state index contributed by atoms with van der Waals surface area (Å²) in [4.78, 5) is 11.7. The molecule has 1 N–H and O–H groups in total. The number of carbonyl (C=O) groups is 1. The number of sulfonamides is 1. The van der Waals surface area contributed by atoms with Gasteiger partial charge in [0.25, 0.3) is 0 Å². The summed E-state index contributed by atoms with van der Waals surface area (Å²) in [6.07, 6.45) is 2.60. The first-order chi connectivity index (χ1) is 13.4. The van der Waals surface area contributed by atoms with Gasteiger partial charge in [-0.1, -0.05) is 6.07 Å². The predicted molar refractivity (Wildman–Crippen MR) is 101 cm³/mol. The van der Waals surface area contributed by atoms with Crippen molar-refractivity contribution in [2.24, 2.45) is 0 Å². The highest BCUT2D eigenvalue weighted by atomic mass is 32.2. The lowest BCUT2D eigenvalue weighted by molar-refractivity contribution is -0.138. The number of nitrogens with one attached hydrogen (secondary N) is 1. The molecule has 0 amide bonds. The van der Waals surface area contributed by atoms with Crippen molar-refractivity contribution in [1.29, 1.82) is 0 Å². The molecule has 0 atom stereocenters. The van der Waals surface area contributed by atoms with E-state index in [1.54, 1.807) is 6.07 Å². The topological polar surface area (TPSA) is 90.9 Å². The molecule has 0 saturated carbocycles. The fraction of sp³-hybridized carbons (Fsp3) is 0.211. The van der Waals surface area contributed by atoms with E-state index in [0.29, 0.717) is 11.3 Å². The van der Waals surface area contributed by atoms with Crippen LogP contribution in [0, 0.1) is 5.82 Å². The van der Waals surface area contributed by atoms with Crippen LogP contribution in [0.2, 0.25) is 0 Å². The molecule has 0 bridgehead atoms. The normalized spacial score (nSPS) is 11.4. The van der Waals surface area contributed by atoms with Crippen molar-refractivity contribution >= 4 is 22.1 Å². The number of hydrogen-bond acceptors (Lipinski definition) is 6. The van der Waals surface area contributed by atoms with Crippen LogP contribution in [0.1, 0.15) is 5.56 Å². The first kappa shape index (κ1) is 21.4. The monoisotopic (exact) mass is 409 g/mol. The van der Waals surface area contributed by atoms with Gasteiger partial charge in [0.2, 0.25) is 10.0 Å². The van der Waals surface area contributed by atoms with E-state index in [1.165, 1.54) is 62.7 Å². The SMILES string of the molecule is CNS(=O)(=O)c1cc(/C=C/C(=O)OCCOc2ccc(F)cc2)ccc1OC. The van der Waals surface area contributed by atoms with Gasteiger partial charge in [-0.05, 0) is 55.1 Å². The summed E-state index contributed by atoms with van der Waals surface area (Å²) in [5.41, 5.74) is 0.481. The Labute approximate surface area is 162 Å². The van der Waals surface area contributed by atoms with Crippen LogP contribution in [0.15, 0.2) is 53.4 Å². The largest absolute Gasteiger partial charge is 0.495 e. The number of rotatable bonds is 9. The third kappa shape index (κ3) is 6.07. The number of ether oxygens (including phenoxy) is 3. The maximum Gasteiger partial charge on any atom is 0.330 e. The van der Waals surface area contributed by atoms with Crippen molar-refractivity contribution in [2.45, 2.75) is 4.90 Å². The van der Waals surface area contributed by atoms with Gasteiger partial charge in [0, 0.05) is 6.08 Å². The van der Waals surface area contributed by atoms with Crippen LogP contribution in [0.4, 0.5) is 4.39 Å². The zero-order chi connectivity index (χ0) is 20.6. The summed E-state index contributed by atoms with van der Waals surface area (Å²) >= 11 is 0. The lowest BCUT2D eigenvalue weighted by Gasteiger charge is -2.09. The Morgan fingerprint density at radius 1 is 1.14 bits per heavy atom. The van der Waals surface area contributed by atoms with E-state index in [2.05, 4.69) is 4.72 Å². The number of hydrogen-bond donors (Lipinski definition) is 1. The smallest absolute Gasteiger partial charge is 0.330 e. The van der Waals surface area contributed by atoms with E-state index in [0.717, 1.165) is 0 Å². The van der Waals surface area contributed by atoms with Crippen LogP contribution in [-0.4, -0.2) is 41.8 Å². The maximum atomic E-state index is 12.8. The van der Waals surface area contributed by atoms with Crippen molar-refractivity contribution in [1.82, 2.24) is 4.72 Å². The number of benzene rings is 2. The van der Waals surface area contributed by atoms with Crippen LogP contribution >= 0.6 is 0 Å². The van der Waals surface area contributed by atoms with Crippen LogP contribution in [0.25, 0.3) is 6.08 Å². The van der Waals surface area contributed by atoms with E-state index < -0.39 is 16.0 Å². The van der Waals surface area contributed by atoms with Gasteiger partial charge in [-0.25, -0.2) is 22.3 Å². The molecule has 0 saturated heterocycles. The standard InChI is InChI=1S/C19H20FNO6S/c1-21-28(23,24)18-13-14(3-9-17(18)25-2)4-10-19(22)27-12-11-26-16-7-5-15(20)6-8-16/h3-10,13,21H,11-12H2,1-2H3/b10-4+.